The van der Waals surface area contributed by atoms with Crippen molar-refractivity contribution in [3.63, 3.8) is 0 Å². The van der Waals surface area contributed by atoms with Crippen LogP contribution in [0.25, 0.3) is 0 Å². The highest BCUT2D eigenvalue weighted by atomic mass is 16.6. The van der Waals surface area contributed by atoms with Gasteiger partial charge in [-0.2, -0.15) is 5.10 Å². The average Bonchev–Trinajstić information content (AvgIpc) is 3.11. The largest absolute Gasteiger partial charge is 0.486 e. The van der Waals surface area contributed by atoms with Gasteiger partial charge in [0.2, 0.25) is 5.88 Å². The van der Waals surface area contributed by atoms with Gasteiger partial charge in [-0.05, 0) is 25.1 Å². The maximum Gasteiger partial charge on any atom is 0.257 e. The monoisotopic (exact) mass is 341 g/mol. The van der Waals surface area contributed by atoms with Crippen molar-refractivity contribution in [1.29, 1.82) is 0 Å². The summed E-state index contributed by atoms with van der Waals surface area (Å²) in [5.74, 6) is 1.58. The van der Waals surface area contributed by atoms with Gasteiger partial charge in [0, 0.05) is 19.0 Å². The van der Waals surface area contributed by atoms with Gasteiger partial charge in [-0.3, -0.25) is 4.79 Å². The minimum atomic E-state index is -0.0855. The first kappa shape index (κ1) is 15.7. The Labute approximate surface area is 145 Å². The molecule has 1 aromatic carbocycles. The Kier molecular flexibility index (Phi) is 4.13. The molecule has 0 saturated carbocycles. The summed E-state index contributed by atoms with van der Waals surface area (Å²) in [4.78, 5) is 14.6. The van der Waals surface area contributed by atoms with Crippen molar-refractivity contribution in [1.82, 2.24) is 15.1 Å². The van der Waals surface area contributed by atoms with Gasteiger partial charge in [-0.1, -0.05) is 6.07 Å². The van der Waals surface area contributed by atoms with Crippen molar-refractivity contribution < 1.29 is 19.0 Å². The second-order valence-corrected chi connectivity index (χ2v) is 6.12. The van der Waals surface area contributed by atoms with Gasteiger partial charge < -0.3 is 19.1 Å². The minimum absolute atomic E-state index is 0.0663. The summed E-state index contributed by atoms with van der Waals surface area (Å²) < 4.78 is 17.0. The van der Waals surface area contributed by atoms with E-state index in [-0.39, 0.29) is 12.0 Å². The standard InChI is InChI=1S/C18H19N3O4/c1-12-5-6-16(20-19-12)25-13-7-8-21(11-13)18(22)14-3-2-4-15-17(14)24-10-9-23-15/h2-6,13H,7-11H2,1H3/t13-/m0/s1. The number of hydrogen-bond donors (Lipinski definition) is 0. The molecule has 1 saturated heterocycles. The van der Waals surface area contributed by atoms with Crippen LogP contribution in [-0.4, -0.2) is 53.4 Å². The number of aryl methyl sites for hydroxylation is 1. The smallest absolute Gasteiger partial charge is 0.257 e. The molecule has 1 aromatic heterocycles. The van der Waals surface area contributed by atoms with Crippen LogP contribution in [0.1, 0.15) is 22.5 Å². The predicted octanol–water partition coefficient (Wildman–Crippen LogP) is 1.85. The maximum atomic E-state index is 12.9. The van der Waals surface area contributed by atoms with Crippen LogP contribution in [0.2, 0.25) is 0 Å². The molecule has 2 aromatic rings. The van der Waals surface area contributed by atoms with Crippen LogP contribution in [0.5, 0.6) is 17.4 Å². The van der Waals surface area contributed by atoms with Gasteiger partial charge in [0.05, 0.1) is 17.8 Å². The molecule has 2 aliphatic heterocycles. The quantitative estimate of drug-likeness (QED) is 0.848. The van der Waals surface area contributed by atoms with E-state index in [1.165, 1.54) is 0 Å². The average molecular weight is 341 g/mol. The molecule has 0 aliphatic carbocycles. The molecule has 7 nitrogen and oxygen atoms in total. The topological polar surface area (TPSA) is 73.8 Å². The zero-order valence-corrected chi connectivity index (χ0v) is 14.0. The molecule has 0 radical (unpaired) electrons. The van der Waals surface area contributed by atoms with E-state index in [0.717, 1.165) is 12.1 Å². The first-order chi connectivity index (χ1) is 12.2. The molecule has 4 rings (SSSR count). The van der Waals surface area contributed by atoms with Gasteiger partial charge in [0.15, 0.2) is 11.5 Å². The van der Waals surface area contributed by atoms with E-state index in [1.54, 1.807) is 17.0 Å². The summed E-state index contributed by atoms with van der Waals surface area (Å²) in [6.45, 7) is 3.97. The van der Waals surface area contributed by atoms with Gasteiger partial charge in [-0.25, -0.2) is 0 Å². The highest BCUT2D eigenvalue weighted by molar-refractivity contribution is 5.98. The van der Waals surface area contributed by atoms with Crippen molar-refractivity contribution in [3.05, 3.63) is 41.6 Å². The normalized spacial score (nSPS) is 18.9. The number of likely N-dealkylation sites (tertiary alicyclic amines) is 1. The Morgan fingerprint density at radius 1 is 1.20 bits per heavy atom. The lowest BCUT2D eigenvalue weighted by atomic mass is 10.1. The molecule has 1 amide bonds. The summed E-state index contributed by atoms with van der Waals surface area (Å²) in [6.07, 6.45) is 0.672. The van der Waals surface area contributed by atoms with Crippen molar-refractivity contribution in [2.45, 2.75) is 19.4 Å². The van der Waals surface area contributed by atoms with Gasteiger partial charge in [0.25, 0.3) is 5.91 Å². The molecule has 130 valence electrons. The number of nitrogens with zero attached hydrogens (tertiary/aromatic N) is 3. The molecule has 1 atom stereocenters. The highest BCUT2D eigenvalue weighted by Gasteiger charge is 2.31. The van der Waals surface area contributed by atoms with Crippen molar-refractivity contribution in [2.24, 2.45) is 0 Å². The molecule has 3 heterocycles. The van der Waals surface area contributed by atoms with Crippen molar-refractivity contribution in [2.75, 3.05) is 26.3 Å². The number of benzene rings is 1. The summed E-state index contributed by atoms with van der Waals surface area (Å²) in [7, 11) is 0. The molecular weight excluding hydrogens is 322 g/mol. The molecule has 0 unspecified atom stereocenters. The summed E-state index contributed by atoms with van der Waals surface area (Å²) in [5, 5.41) is 8.00. The number of ether oxygens (including phenoxy) is 3. The Hall–Kier alpha value is -2.83. The number of carbonyl (C=O) groups excluding carboxylic acids is 1. The Morgan fingerprint density at radius 2 is 2.08 bits per heavy atom. The molecule has 2 aliphatic rings. The number of amides is 1. The lowest BCUT2D eigenvalue weighted by molar-refractivity contribution is 0.0760. The minimum Gasteiger partial charge on any atom is -0.486 e. The maximum absolute atomic E-state index is 12.9. The van der Waals surface area contributed by atoms with E-state index >= 15 is 0 Å². The third-order valence-electron chi connectivity index (χ3n) is 4.29. The number of para-hydroxylation sites is 1. The van der Waals surface area contributed by atoms with Crippen LogP contribution in [0.3, 0.4) is 0 Å². The van der Waals surface area contributed by atoms with E-state index in [0.29, 0.717) is 49.2 Å². The molecule has 0 bridgehead atoms. The highest BCUT2D eigenvalue weighted by Crippen LogP contribution is 2.34. The molecule has 7 heteroatoms. The Morgan fingerprint density at radius 3 is 2.92 bits per heavy atom. The number of hydrogen-bond acceptors (Lipinski definition) is 6. The molecule has 0 N–H and O–H groups in total. The van der Waals surface area contributed by atoms with Crippen molar-refractivity contribution >= 4 is 5.91 Å². The summed E-state index contributed by atoms with van der Waals surface area (Å²) in [5.41, 5.74) is 1.37. The molecule has 25 heavy (non-hydrogen) atoms. The van der Waals surface area contributed by atoms with Gasteiger partial charge >= 0.3 is 0 Å². The van der Waals surface area contributed by atoms with Crippen LogP contribution in [-0.2, 0) is 0 Å². The van der Waals surface area contributed by atoms with E-state index in [4.69, 9.17) is 14.2 Å². The fourth-order valence-electron chi connectivity index (χ4n) is 3.04. The number of carbonyl (C=O) groups is 1. The van der Waals surface area contributed by atoms with Crippen LogP contribution >= 0.6 is 0 Å². The van der Waals surface area contributed by atoms with Crippen LogP contribution in [0.4, 0.5) is 0 Å². The zero-order chi connectivity index (χ0) is 17.2. The zero-order valence-electron chi connectivity index (χ0n) is 14.0. The third-order valence-corrected chi connectivity index (χ3v) is 4.29. The second-order valence-electron chi connectivity index (χ2n) is 6.12. The van der Waals surface area contributed by atoms with Crippen LogP contribution < -0.4 is 14.2 Å². The Bertz CT molecular complexity index is 778. The molecule has 1 fully saturated rings. The number of rotatable bonds is 3. The fraction of sp³-hybridized carbons (Fsp3) is 0.389. The summed E-state index contributed by atoms with van der Waals surface area (Å²) >= 11 is 0. The third kappa shape index (κ3) is 3.22. The van der Waals surface area contributed by atoms with Crippen LogP contribution in [0.15, 0.2) is 30.3 Å². The first-order valence-electron chi connectivity index (χ1n) is 8.35. The molecular formula is C18H19N3O4. The molecule has 0 spiro atoms. The van der Waals surface area contributed by atoms with E-state index in [1.807, 2.05) is 25.1 Å². The van der Waals surface area contributed by atoms with E-state index in [9.17, 15) is 4.79 Å². The lowest BCUT2D eigenvalue weighted by Gasteiger charge is -2.23. The summed E-state index contributed by atoms with van der Waals surface area (Å²) in [6, 6.07) is 9.05. The SMILES string of the molecule is Cc1ccc(O[C@H]2CCN(C(=O)c3cccc4c3OCCO4)C2)nn1. The van der Waals surface area contributed by atoms with Gasteiger partial charge in [-0.15, -0.1) is 5.10 Å². The predicted molar refractivity (Wildman–Crippen MR) is 89.1 cm³/mol. The van der Waals surface area contributed by atoms with E-state index in [2.05, 4.69) is 10.2 Å². The lowest BCUT2D eigenvalue weighted by Crippen LogP contribution is -2.32. The van der Waals surface area contributed by atoms with Crippen molar-refractivity contribution in [3.8, 4) is 17.4 Å². The first-order valence-corrected chi connectivity index (χ1v) is 8.35. The number of aromatic nitrogens is 2. The number of fused-ring (bicyclic) bond motifs is 1. The fourth-order valence-corrected chi connectivity index (χ4v) is 3.04. The second kappa shape index (κ2) is 6.58. The Balaban J connectivity index is 1.45. The van der Waals surface area contributed by atoms with Crippen LogP contribution in [0, 0.1) is 6.92 Å². The van der Waals surface area contributed by atoms with Gasteiger partial charge in [0.1, 0.15) is 19.3 Å². The van der Waals surface area contributed by atoms with E-state index < -0.39 is 0 Å².